The van der Waals surface area contributed by atoms with Crippen LogP contribution in [0.1, 0.15) is 32.6 Å². The maximum absolute atomic E-state index is 13.2. The largest absolute Gasteiger partial charge is 0.468 e. The van der Waals surface area contributed by atoms with Gasteiger partial charge in [0.05, 0.1) is 12.0 Å². The molecule has 0 saturated heterocycles. The average molecular weight is 466 g/mol. The van der Waals surface area contributed by atoms with Crippen molar-refractivity contribution < 1.29 is 22.7 Å². The quantitative estimate of drug-likeness (QED) is 0.399. The zero-order valence-corrected chi connectivity index (χ0v) is 19.9. The van der Waals surface area contributed by atoms with Gasteiger partial charge in [0.2, 0.25) is 10.0 Å². The summed E-state index contributed by atoms with van der Waals surface area (Å²) in [6.45, 7) is 5.32. The van der Waals surface area contributed by atoms with Crippen molar-refractivity contribution in [3.8, 4) is 11.1 Å². The van der Waals surface area contributed by atoms with Crippen molar-refractivity contribution in [2.45, 2.75) is 38.1 Å². The van der Waals surface area contributed by atoms with Crippen molar-refractivity contribution in [2.24, 2.45) is 0 Å². The van der Waals surface area contributed by atoms with Gasteiger partial charge in [0, 0.05) is 12.0 Å². The number of aldehydes is 1. The molecule has 172 valence electrons. The summed E-state index contributed by atoms with van der Waals surface area (Å²) in [5, 5.41) is 0. The van der Waals surface area contributed by atoms with E-state index in [0.29, 0.717) is 28.5 Å². The van der Waals surface area contributed by atoms with Crippen molar-refractivity contribution in [3.05, 3.63) is 88.5 Å². The molecule has 0 bridgehead atoms. The zero-order chi connectivity index (χ0) is 24.2. The topological polar surface area (TPSA) is 89.5 Å². The van der Waals surface area contributed by atoms with E-state index < -0.39 is 22.0 Å². The molecule has 0 aromatic heterocycles. The first-order valence-corrected chi connectivity index (χ1v) is 12.0. The van der Waals surface area contributed by atoms with E-state index in [9.17, 15) is 18.0 Å². The van der Waals surface area contributed by atoms with Gasteiger partial charge in [-0.3, -0.25) is 9.59 Å². The van der Waals surface area contributed by atoms with E-state index in [1.54, 1.807) is 38.1 Å². The predicted molar refractivity (Wildman–Crippen MR) is 128 cm³/mol. The van der Waals surface area contributed by atoms with E-state index in [0.717, 1.165) is 16.7 Å². The Morgan fingerprint density at radius 3 is 2.18 bits per heavy atom. The van der Waals surface area contributed by atoms with Gasteiger partial charge in [-0.25, -0.2) is 8.42 Å². The average Bonchev–Trinajstić information content (AvgIpc) is 2.77. The fourth-order valence-corrected chi connectivity index (χ4v) is 5.71. The summed E-state index contributed by atoms with van der Waals surface area (Å²) in [7, 11) is -2.82. The molecule has 33 heavy (non-hydrogen) atoms. The summed E-state index contributed by atoms with van der Waals surface area (Å²) in [4.78, 5) is 24.4. The molecule has 7 heteroatoms. The molecule has 0 aliphatic rings. The highest BCUT2D eigenvalue weighted by molar-refractivity contribution is 7.89. The van der Waals surface area contributed by atoms with Crippen molar-refractivity contribution >= 4 is 22.3 Å². The smallest absolute Gasteiger partial charge is 0.324 e. The monoisotopic (exact) mass is 465 g/mol. The number of aryl methyl sites for hydroxylation is 3. The molecule has 0 heterocycles. The second-order valence-corrected chi connectivity index (χ2v) is 9.68. The van der Waals surface area contributed by atoms with Crippen LogP contribution >= 0.6 is 0 Å². The molecule has 0 aliphatic carbocycles. The Balaban J connectivity index is 1.95. The third kappa shape index (κ3) is 5.56. The number of methoxy groups -OCH3 is 1. The van der Waals surface area contributed by atoms with Gasteiger partial charge < -0.3 is 4.74 Å². The molecule has 0 radical (unpaired) electrons. The van der Waals surface area contributed by atoms with Crippen LogP contribution < -0.4 is 4.72 Å². The molecule has 0 amide bonds. The van der Waals surface area contributed by atoms with Crippen molar-refractivity contribution in [3.63, 3.8) is 0 Å². The Morgan fingerprint density at radius 1 is 0.970 bits per heavy atom. The molecule has 3 aromatic rings. The molecule has 0 aliphatic heterocycles. The van der Waals surface area contributed by atoms with Gasteiger partial charge in [0.15, 0.2) is 0 Å². The fourth-order valence-electron chi connectivity index (χ4n) is 4.07. The van der Waals surface area contributed by atoms with Crippen LogP contribution in [0.5, 0.6) is 0 Å². The van der Waals surface area contributed by atoms with Gasteiger partial charge >= 0.3 is 5.97 Å². The lowest BCUT2D eigenvalue weighted by atomic mass is 9.96. The Labute approximate surface area is 194 Å². The molecule has 0 unspecified atom stereocenters. The van der Waals surface area contributed by atoms with Crippen molar-refractivity contribution in [2.75, 3.05) is 7.11 Å². The first-order valence-electron chi connectivity index (χ1n) is 10.5. The molecule has 1 atom stereocenters. The van der Waals surface area contributed by atoms with Crippen LogP contribution in [0.4, 0.5) is 0 Å². The fraction of sp³-hybridized carbons (Fsp3) is 0.231. The number of sulfonamides is 1. The van der Waals surface area contributed by atoms with Crippen LogP contribution in [-0.2, 0) is 26.0 Å². The highest BCUT2D eigenvalue weighted by Gasteiger charge is 2.29. The van der Waals surface area contributed by atoms with Gasteiger partial charge in [-0.1, -0.05) is 60.2 Å². The molecule has 1 N–H and O–H groups in total. The minimum Gasteiger partial charge on any atom is -0.468 e. The van der Waals surface area contributed by atoms with Crippen LogP contribution in [0.15, 0.2) is 65.6 Å². The number of nitrogens with one attached hydrogen (secondary N) is 1. The zero-order valence-electron chi connectivity index (χ0n) is 19.1. The molecular weight excluding hydrogens is 438 g/mol. The number of hydrogen-bond donors (Lipinski definition) is 1. The maximum Gasteiger partial charge on any atom is 0.324 e. The second kappa shape index (κ2) is 10.1. The van der Waals surface area contributed by atoms with E-state index >= 15 is 0 Å². The number of hydrogen-bond acceptors (Lipinski definition) is 5. The highest BCUT2D eigenvalue weighted by Crippen LogP contribution is 2.25. The van der Waals surface area contributed by atoms with E-state index in [4.69, 9.17) is 4.74 Å². The lowest BCUT2D eigenvalue weighted by molar-refractivity contribution is -0.142. The molecular formula is C26H27NO5S. The van der Waals surface area contributed by atoms with Crippen LogP contribution in [0.2, 0.25) is 0 Å². The lowest BCUT2D eigenvalue weighted by Gasteiger charge is -2.20. The third-order valence-corrected chi connectivity index (χ3v) is 7.24. The Kier molecular flexibility index (Phi) is 7.46. The van der Waals surface area contributed by atoms with Gasteiger partial charge in [-0.15, -0.1) is 0 Å². The highest BCUT2D eigenvalue weighted by atomic mass is 32.2. The van der Waals surface area contributed by atoms with Gasteiger partial charge in [0.25, 0.3) is 0 Å². The van der Waals surface area contributed by atoms with E-state index in [1.807, 2.05) is 43.3 Å². The van der Waals surface area contributed by atoms with Crippen molar-refractivity contribution in [1.82, 2.24) is 4.72 Å². The Hall–Kier alpha value is -3.29. The summed E-state index contributed by atoms with van der Waals surface area (Å²) in [6, 6.07) is 17.2. The summed E-state index contributed by atoms with van der Waals surface area (Å²) in [5.41, 5.74) is 4.84. The summed E-state index contributed by atoms with van der Waals surface area (Å²) < 4.78 is 33.8. The van der Waals surface area contributed by atoms with Crippen LogP contribution in [0, 0.1) is 20.8 Å². The molecule has 0 spiro atoms. The first kappa shape index (κ1) is 24.4. The Bertz CT molecular complexity index is 1260. The predicted octanol–water partition coefficient (Wildman–Crippen LogP) is 4.15. The minimum absolute atomic E-state index is 0.0288. The number of carbonyl (C=O) groups excluding carboxylic acids is 2. The van der Waals surface area contributed by atoms with Crippen LogP contribution in [-0.4, -0.2) is 33.8 Å². The first-order chi connectivity index (χ1) is 15.7. The number of carbonyl (C=O) groups is 2. The number of esters is 1. The van der Waals surface area contributed by atoms with Gasteiger partial charge in [-0.05, 0) is 54.7 Å². The molecule has 6 nitrogen and oxygen atoms in total. The normalized spacial score (nSPS) is 12.2. The van der Waals surface area contributed by atoms with Gasteiger partial charge in [0.1, 0.15) is 12.3 Å². The minimum atomic E-state index is -4.02. The summed E-state index contributed by atoms with van der Waals surface area (Å²) in [6.07, 6.45) is 0.678. The number of rotatable bonds is 8. The molecule has 0 fully saturated rings. The molecule has 3 rings (SSSR count). The maximum atomic E-state index is 13.2. The van der Waals surface area contributed by atoms with Crippen LogP contribution in [0.3, 0.4) is 0 Å². The molecule has 3 aromatic carbocycles. The summed E-state index contributed by atoms with van der Waals surface area (Å²) in [5.74, 6) is -0.732. The lowest BCUT2D eigenvalue weighted by Crippen LogP contribution is -2.43. The van der Waals surface area contributed by atoms with E-state index in [2.05, 4.69) is 4.72 Å². The van der Waals surface area contributed by atoms with E-state index in [-0.39, 0.29) is 11.3 Å². The third-order valence-electron chi connectivity index (χ3n) is 5.46. The van der Waals surface area contributed by atoms with Crippen molar-refractivity contribution in [1.29, 1.82) is 0 Å². The molecule has 0 saturated carbocycles. The SMILES string of the molecule is COC(=O)[C@H](Cc1ccc(-c2ccccc2)cc1C=O)NS(=O)(=O)c1c(C)cc(C)cc1C. The second-order valence-electron chi connectivity index (χ2n) is 8.03. The number of ether oxygens (including phenoxy) is 1. The number of benzene rings is 3. The van der Waals surface area contributed by atoms with E-state index in [1.165, 1.54) is 7.11 Å². The van der Waals surface area contributed by atoms with Crippen LogP contribution in [0.25, 0.3) is 11.1 Å². The standard InChI is InChI=1S/C26H27NO5S/c1-17-12-18(2)25(19(3)13-17)33(30,31)27-24(26(29)32-4)15-22-11-10-21(14-23(22)16-28)20-8-6-5-7-9-20/h5-14,16,24,27H,15H2,1-4H3/t24-/m0/s1. The summed E-state index contributed by atoms with van der Waals surface area (Å²) >= 11 is 0. The Morgan fingerprint density at radius 2 is 1.61 bits per heavy atom. The van der Waals surface area contributed by atoms with Gasteiger partial charge in [-0.2, -0.15) is 4.72 Å².